The van der Waals surface area contributed by atoms with Crippen LogP contribution in [0.3, 0.4) is 0 Å². The van der Waals surface area contributed by atoms with Crippen molar-refractivity contribution in [2.75, 3.05) is 26.4 Å². The van der Waals surface area contributed by atoms with E-state index in [-0.39, 0.29) is 24.9 Å². The van der Waals surface area contributed by atoms with Gasteiger partial charge in [-0.1, -0.05) is 76.8 Å². The van der Waals surface area contributed by atoms with Crippen molar-refractivity contribution in [3.8, 4) is 0 Å². The van der Waals surface area contributed by atoms with Crippen molar-refractivity contribution in [1.29, 1.82) is 0 Å². The van der Waals surface area contributed by atoms with Crippen molar-refractivity contribution in [2.45, 2.75) is 102 Å². The molecule has 15 nitrogen and oxygen atoms in total. The molecule has 1 aliphatic carbocycles. The summed E-state index contributed by atoms with van der Waals surface area (Å²) in [5.74, 6) is -4.58. The Hall–Kier alpha value is -4.08. The summed E-state index contributed by atoms with van der Waals surface area (Å²) in [6, 6.07) is 4.14. The molecule has 0 aromatic heterocycles. The molecule has 274 valence electrons. The fourth-order valence-electron chi connectivity index (χ4n) is 5.52. The molecule has 1 aromatic rings. The van der Waals surface area contributed by atoms with Crippen molar-refractivity contribution in [3.05, 3.63) is 35.9 Å². The highest BCUT2D eigenvalue weighted by atomic mass is 16.5. The third-order valence-electron chi connectivity index (χ3n) is 8.14. The minimum absolute atomic E-state index is 0.0436. The molecule has 1 aromatic carbocycles. The standard InChI is InChI=1S/C34H53N5O10/c1-4-11-25(30(44)33(47)35-17-28(43)36-27(19-41)22-12-7-5-8-13-22)37-31(45)26(16-24(42)18-40)38-32(46)29(23-14-9-6-10-15-23)39-34(48)49-20-21(2)3/h5,7-8,12-13,21,23-27,29,40-42H,4,6,9-11,14-20H2,1-3H3,(H,35,47)(H,36,43)(H,37,45)(H,38,46)(H,39,48)/t24-,25?,26+,27?,29?/m1/s1. The molecule has 8 N–H and O–H groups in total. The average Bonchev–Trinajstić information content (AvgIpc) is 3.10. The SMILES string of the molecule is CCCC(NC(=O)[C@H](C[C@@H](O)CO)NC(=O)C(NC(=O)OCC(C)C)C1CCCCC1)C(=O)C(=O)NCC(=O)NC(CO)c1ccccc1. The summed E-state index contributed by atoms with van der Waals surface area (Å²) in [5.41, 5.74) is 0.645. The Morgan fingerprint density at radius 3 is 2.10 bits per heavy atom. The van der Waals surface area contributed by atoms with Gasteiger partial charge in [0.2, 0.25) is 23.5 Å². The lowest BCUT2D eigenvalue weighted by Crippen LogP contribution is -2.59. The summed E-state index contributed by atoms with van der Waals surface area (Å²) in [6.45, 7) is 3.92. The largest absolute Gasteiger partial charge is 0.449 e. The topological polar surface area (TPSA) is 232 Å². The number of aliphatic hydroxyl groups is 3. The van der Waals surface area contributed by atoms with Gasteiger partial charge in [-0.3, -0.25) is 24.0 Å². The Bertz CT molecular complexity index is 1220. The Labute approximate surface area is 287 Å². The third-order valence-corrected chi connectivity index (χ3v) is 8.14. The van der Waals surface area contributed by atoms with Crippen molar-refractivity contribution < 1.29 is 48.8 Å². The van der Waals surface area contributed by atoms with Crippen molar-refractivity contribution in [2.24, 2.45) is 11.8 Å². The van der Waals surface area contributed by atoms with Crippen molar-refractivity contribution in [1.82, 2.24) is 26.6 Å². The summed E-state index contributed by atoms with van der Waals surface area (Å²) < 4.78 is 5.22. The van der Waals surface area contributed by atoms with Crippen LogP contribution in [0.2, 0.25) is 0 Å². The minimum atomic E-state index is -1.44. The van der Waals surface area contributed by atoms with E-state index in [0.29, 0.717) is 24.8 Å². The molecule has 5 amide bonds. The molecule has 15 heteroatoms. The van der Waals surface area contributed by atoms with Crippen LogP contribution in [-0.2, 0) is 28.7 Å². The molecule has 0 aliphatic heterocycles. The first kappa shape index (κ1) is 41.1. The van der Waals surface area contributed by atoms with Crippen LogP contribution in [0.25, 0.3) is 0 Å². The number of ether oxygens (including phenoxy) is 1. The van der Waals surface area contributed by atoms with Crippen LogP contribution >= 0.6 is 0 Å². The molecule has 49 heavy (non-hydrogen) atoms. The van der Waals surface area contributed by atoms with Gasteiger partial charge in [-0.25, -0.2) is 4.79 Å². The Morgan fingerprint density at radius 2 is 1.51 bits per heavy atom. The molecule has 1 aliphatic rings. The zero-order chi connectivity index (χ0) is 36.3. The first-order valence-corrected chi connectivity index (χ1v) is 17.0. The molecular weight excluding hydrogens is 638 g/mol. The summed E-state index contributed by atoms with van der Waals surface area (Å²) in [6.07, 6.45) is 1.81. The second-order valence-corrected chi connectivity index (χ2v) is 12.8. The van der Waals surface area contributed by atoms with Crippen LogP contribution in [0.5, 0.6) is 0 Å². The number of amides is 5. The molecule has 1 fully saturated rings. The molecule has 1 saturated carbocycles. The zero-order valence-electron chi connectivity index (χ0n) is 28.6. The van der Waals surface area contributed by atoms with Crippen LogP contribution in [0.1, 0.15) is 83.7 Å². The van der Waals surface area contributed by atoms with Crippen LogP contribution in [0.4, 0.5) is 4.79 Å². The second-order valence-electron chi connectivity index (χ2n) is 12.8. The van der Waals surface area contributed by atoms with E-state index in [0.717, 1.165) is 19.3 Å². The molecule has 0 radical (unpaired) electrons. The second kappa shape index (κ2) is 21.8. The molecule has 0 bridgehead atoms. The summed E-state index contributed by atoms with van der Waals surface area (Å²) in [7, 11) is 0. The fourth-order valence-corrected chi connectivity index (χ4v) is 5.52. The Kier molecular flexibility index (Phi) is 18.3. The first-order valence-electron chi connectivity index (χ1n) is 17.0. The fraction of sp³-hybridized carbons (Fsp3) is 0.647. The number of ketones is 1. The van der Waals surface area contributed by atoms with Crippen LogP contribution in [0, 0.1) is 11.8 Å². The molecular formula is C34H53N5O10. The van der Waals surface area contributed by atoms with E-state index in [4.69, 9.17) is 4.74 Å². The normalized spacial score (nSPS) is 16.3. The number of carbonyl (C=O) groups excluding carboxylic acids is 6. The van der Waals surface area contributed by atoms with Gasteiger partial charge in [0.05, 0.1) is 44.6 Å². The quantitative estimate of drug-likeness (QED) is 0.0875. The minimum Gasteiger partial charge on any atom is -0.449 e. The van der Waals surface area contributed by atoms with Gasteiger partial charge in [-0.15, -0.1) is 0 Å². The maximum Gasteiger partial charge on any atom is 0.407 e. The number of aliphatic hydroxyl groups excluding tert-OH is 3. The molecule has 3 unspecified atom stereocenters. The zero-order valence-corrected chi connectivity index (χ0v) is 28.6. The van der Waals surface area contributed by atoms with E-state index in [1.165, 1.54) is 0 Å². The van der Waals surface area contributed by atoms with Gasteiger partial charge in [0.1, 0.15) is 12.1 Å². The van der Waals surface area contributed by atoms with E-state index in [2.05, 4.69) is 26.6 Å². The summed E-state index contributed by atoms with van der Waals surface area (Å²) in [5, 5.41) is 41.8. The van der Waals surface area contributed by atoms with Gasteiger partial charge >= 0.3 is 6.09 Å². The van der Waals surface area contributed by atoms with Gasteiger partial charge < -0.3 is 46.6 Å². The van der Waals surface area contributed by atoms with E-state index in [9.17, 15) is 44.1 Å². The molecule has 0 spiro atoms. The predicted molar refractivity (Wildman–Crippen MR) is 179 cm³/mol. The maximum absolute atomic E-state index is 13.6. The molecule has 5 atom stereocenters. The number of nitrogens with one attached hydrogen (secondary N) is 5. The lowest BCUT2D eigenvalue weighted by atomic mass is 9.83. The summed E-state index contributed by atoms with van der Waals surface area (Å²) in [4.78, 5) is 78.0. The third kappa shape index (κ3) is 14.5. The number of benzene rings is 1. The summed E-state index contributed by atoms with van der Waals surface area (Å²) >= 11 is 0. The lowest BCUT2D eigenvalue weighted by Gasteiger charge is -2.31. The molecule has 0 saturated heterocycles. The highest BCUT2D eigenvalue weighted by Gasteiger charge is 2.36. The Morgan fingerprint density at radius 1 is 0.857 bits per heavy atom. The lowest BCUT2D eigenvalue weighted by molar-refractivity contribution is -0.141. The van der Waals surface area contributed by atoms with Gasteiger partial charge in [0.25, 0.3) is 5.91 Å². The number of hydrogen-bond acceptors (Lipinski definition) is 10. The number of hydrogen-bond donors (Lipinski definition) is 8. The van der Waals surface area contributed by atoms with Crippen LogP contribution in [0.15, 0.2) is 30.3 Å². The predicted octanol–water partition coefficient (Wildman–Crippen LogP) is 0.366. The van der Waals surface area contributed by atoms with E-state index in [1.54, 1.807) is 37.3 Å². The highest BCUT2D eigenvalue weighted by Crippen LogP contribution is 2.27. The number of alkyl carbamates (subject to hydrolysis) is 1. The van der Waals surface area contributed by atoms with E-state index >= 15 is 0 Å². The molecule has 2 rings (SSSR count). The van der Waals surface area contributed by atoms with Crippen LogP contribution in [-0.4, -0.2) is 101 Å². The van der Waals surface area contributed by atoms with E-state index < -0.39 is 92.0 Å². The highest BCUT2D eigenvalue weighted by molar-refractivity contribution is 6.38. The maximum atomic E-state index is 13.6. The van der Waals surface area contributed by atoms with E-state index in [1.807, 2.05) is 13.8 Å². The Balaban J connectivity index is 2.12. The van der Waals surface area contributed by atoms with Crippen molar-refractivity contribution in [3.63, 3.8) is 0 Å². The van der Waals surface area contributed by atoms with Gasteiger partial charge in [-0.2, -0.15) is 0 Å². The number of rotatable bonds is 20. The van der Waals surface area contributed by atoms with Gasteiger partial charge in [0.15, 0.2) is 0 Å². The van der Waals surface area contributed by atoms with Gasteiger partial charge in [0, 0.05) is 6.42 Å². The van der Waals surface area contributed by atoms with Crippen LogP contribution < -0.4 is 26.6 Å². The monoisotopic (exact) mass is 691 g/mol. The smallest absolute Gasteiger partial charge is 0.407 e. The van der Waals surface area contributed by atoms with Gasteiger partial charge in [-0.05, 0) is 36.7 Å². The van der Waals surface area contributed by atoms with Crippen molar-refractivity contribution >= 4 is 35.5 Å². The molecule has 0 heterocycles. The average molecular weight is 692 g/mol. The number of Topliss-reactive ketones (excluding diaryl/α,β-unsaturated/α-hetero) is 1. The number of carbonyl (C=O) groups is 6. The first-order chi connectivity index (χ1) is 23.4.